The molecule has 0 aliphatic carbocycles. The van der Waals surface area contributed by atoms with Crippen molar-refractivity contribution in [3.05, 3.63) is 0 Å². The Balaban J connectivity index is 0. The summed E-state index contributed by atoms with van der Waals surface area (Å²) in [5, 5.41) is 9.30. The summed E-state index contributed by atoms with van der Waals surface area (Å²) in [5.41, 5.74) is 0. The van der Waals surface area contributed by atoms with Gasteiger partial charge in [0.15, 0.2) is 0 Å². The van der Waals surface area contributed by atoms with Gasteiger partial charge in [0.1, 0.15) is 6.61 Å². The van der Waals surface area contributed by atoms with E-state index in [4.69, 9.17) is 28.7 Å². The Morgan fingerprint density at radius 3 is 1.64 bits per heavy atom. The number of carbonyl (C=O) groups excluding carboxylic acids is 1. The van der Waals surface area contributed by atoms with Gasteiger partial charge in [0.2, 0.25) is 0 Å². The number of phosphoric acid groups is 1. The van der Waals surface area contributed by atoms with E-state index < -0.39 is 7.82 Å². The number of unbranched alkanes of at least 4 members (excludes halogenated alkanes) is 13. The van der Waals surface area contributed by atoms with Gasteiger partial charge >= 0.3 is 13.8 Å². The minimum atomic E-state index is -4.64. The lowest BCUT2D eigenvalue weighted by molar-refractivity contribution is -0.150. The Hall–Kier alpha value is -0.150. The molecular weight excluding hydrogens is 467 g/mol. The average molecular weight is 517 g/mol. The van der Waals surface area contributed by atoms with Crippen LogP contribution in [0.1, 0.15) is 104 Å². The first kappa shape index (κ1) is 35.0. The molecule has 0 bridgehead atoms. The van der Waals surface area contributed by atoms with E-state index in [-0.39, 0.29) is 25.3 Å². The zero-order valence-electron chi connectivity index (χ0n) is 20.8. The molecule has 1 unspecified atom stereocenters. The molecule has 0 aliphatic rings. The molecule has 0 aromatic carbocycles. The van der Waals surface area contributed by atoms with Crippen molar-refractivity contribution in [3.63, 3.8) is 0 Å². The molecule has 0 rings (SSSR count). The molecule has 4 N–H and O–H groups in total. The summed E-state index contributed by atoms with van der Waals surface area (Å²) in [6.07, 6.45) is 19.0. The Bertz CT molecular complexity index is 453. The van der Waals surface area contributed by atoms with Crippen LogP contribution in [0.15, 0.2) is 0 Å². The minimum absolute atomic E-state index is 0.0505. The highest BCUT2D eigenvalue weighted by Gasteiger charge is 2.11. The van der Waals surface area contributed by atoms with Gasteiger partial charge in [-0.3, -0.25) is 0 Å². The third-order valence-corrected chi connectivity index (χ3v) is 6.08. The standard InChI is InChI=1S/C23H46O4S.H3O4P/c1-3-5-6-7-8-9-10-11-12-13-14-15-16-17-18-28-21-22(19-24)27-20-23(25)26-4-2;1-5(2,3)4/h22,24H,3-21H2,1-2H3;(H3,1,2,3,4). The fraction of sp³-hybridized carbons (Fsp3) is 0.957. The molecule has 0 aliphatic heterocycles. The van der Waals surface area contributed by atoms with Crippen molar-refractivity contribution in [3.8, 4) is 0 Å². The summed E-state index contributed by atoms with van der Waals surface area (Å²) in [5.74, 6) is 1.46. The van der Waals surface area contributed by atoms with Crippen LogP contribution in [0.4, 0.5) is 0 Å². The zero-order valence-corrected chi connectivity index (χ0v) is 22.5. The van der Waals surface area contributed by atoms with Crippen LogP contribution < -0.4 is 0 Å². The second-order valence-electron chi connectivity index (χ2n) is 8.10. The molecule has 1 atom stereocenters. The van der Waals surface area contributed by atoms with Gasteiger partial charge in [-0.05, 0) is 19.1 Å². The molecule has 0 spiro atoms. The Morgan fingerprint density at radius 1 is 0.818 bits per heavy atom. The maximum absolute atomic E-state index is 11.3. The van der Waals surface area contributed by atoms with Gasteiger partial charge in [-0.2, -0.15) is 11.8 Å². The van der Waals surface area contributed by atoms with Crippen molar-refractivity contribution in [2.75, 3.05) is 31.3 Å². The van der Waals surface area contributed by atoms with Crippen LogP contribution in [0.25, 0.3) is 0 Å². The third-order valence-electron chi connectivity index (χ3n) is 4.89. The van der Waals surface area contributed by atoms with Gasteiger partial charge in [0, 0.05) is 5.75 Å². The monoisotopic (exact) mass is 516 g/mol. The van der Waals surface area contributed by atoms with Crippen LogP contribution in [0.2, 0.25) is 0 Å². The summed E-state index contributed by atoms with van der Waals surface area (Å²) in [6.45, 7) is 4.29. The van der Waals surface area contributed by atoms with Crippen LogP contribution >= 0.6 is 19.6 Å². The molecule has 10 heteroatoms. The highest BCUT2D eigenvalue weighted by Crippen LogP contribution is 2.25. The van der Waals surface area contributed by atoms with E-state index in [2.05, 4.69) is 6.92 Å². The molecule has 0 amide bonds. The number of hydrogen-bond donors (Lipinski definition) is 4. The predicted octanol–water partition coefficient (Wildman–Crippen LogP) is 5.21. The molecule has 0 saturated heterocycles. The average Bonchev–Trinajstić information content (AvgIpc) is 2.74. The quantitative estimate of drug-likeness (QED) is 0.0868. The summed E-state index contributed by atoms with van der Waals surface area (Å²) < 4.78 is 19.1. The highest BCUT2D eigenvalue weighted by molar-refractivity contribution is 7.99. The molecule has 0 fully saturated rings. The first-order valence-corrected chi connectivity index (χ1v) is 15.2. The molecule has 0 radical (unpaired) electrons. The number of carbonyl (C=O) groups is 1. The maximum Gasteiger partial charge on any atom is 0.466 e. The van der Waals surface area contributed by atoms with Crippen molar-refractivity contribution in [2.24, 2.45) is 0 Å². The Morgan fingerprint density at radius 2 is 1.24 bits per heavy atom. The van der Waals surface area contributed by atoms with Crippen molar-refractivity contribution < 1.29 is 38.6 Å². The highest BCUT2D eigenvalue weighted by atomic mass is 32.2. The second kappa shape index (κ2) is 26.5. The largest absolute Gasteiger partial charge is 0.466 e. The number of rotatable bonds is 22. The van der Waals surface area contributed by atoms with Gasteiger partial charge in [-0.25, -0.2) is 9.36 Å². The number of hydrogen-bond acceptors (Lipinski definition) is 6. The van der Waals surface area contributed by atoms with E-state index in [1.54, 1.807) is 18.7 Å². The molecular formula is C23H49O8PS. The van der Waals surface area contributed by atoms with Gasteiger partial charge in [0.25, 0.3) is 0 Å². The molecule has 0 heterocycles. The molecule has 33 heavy (non-hydrogen) atoms. The zero-order chi connectivity index (χ0) is 25.2. The van der Waals surface area contributed by atoms with Crippen LogP contribution in [0, 0.1) is 0 Å². The maximum atomic E-state index is 11.3. The SMILES string of the molecule is CCCCCCCCCCCCCCCCSCC(CO)OCC(=O)OCC.O=P(O)(O)O. The molecule has 0 saturated carbocycles. The Labute approximate surface area is 205 Å². The lowest BCUT2D eigenvalue weighted by Crippen LogP contribution is -2.25. The topological polar surface area (TPSA) is 134 Å². The summed E-state index contributed by atoms with van der Waals surface area (Å²) in [7, 11) is -4.64. The first-order chi connectivity index (χ1) is 15.7. The second-order valence-corrected chi connectivity index (χ2v) is 10.3. The fourth-order valence-electron chi connectivity index (χ4n) is 3.16. The third kappa shape index (κ3) is 36.6. The van der Waals surface area contributed by atoms with Crippen LogP contribution in [0.5, 0.6) is 0 Å². The summed E-state index contributed by atoms with van der Waals surface area (Å²) >= 11 is 1.80. The number of aliphatic hydroxyl groups is 1. The summed E-state index contributed by atoms with van der Waals surface area (Å²) in [6, 6.07) is 0. The van der Waals surface area contributed by atoms with E-state index in [9.17, 15) is 9.90 Å². The fourth-order valence-corrected chi connectivity index (χ4v) is 4.19. The molecule has 0 aromatic rings. The number of aliphatic hydroxyl groups excluding tert-OH is 1. The summed E-state index contributed by atoms with van der Waals surface area (Å²) in [4.78, 5) is 32.8. The predicted molar refractivity (Wildman–Crippen MR) is 135 cm³/mol. The van der Waals surface area contributed by atoms with E-state index in [1.807, 2.05) is 0 Å². The number of thioether (sulfide) groups is 1. The van der Waals surface area contributed by atoms with Crippen molar-refractivity contribution in [2.45, 2.75) is 110 Å². The minimum Gasteiger partial charge on any atom is -0.464 e. The lowest BCUT2D eigenvalue weighted by atomic mass is 10.0. The van der Waals surface area contributed by atoms with Gasteiger partial charge < -0.3 is 29.3 Å². The number of ether oxygens (including phenoxy) is 2. The molecule has 8 nitrogen and oxygen atoms in total. The van der Waals surface area contributed by atoms with Crippen molar-refractivity contribution >= 4 is 25.6 Å². The van der Waals surface area contributed by atoms with Gasteiger partial charge in [-0.15, -0.1) is 0 Å². The van der Waals surface area contributed by atoms with E-state index >= 15 is 0 Å². The van der Waals surface area contributed by atoms with E-state index in [0.29, 0.717) is 6.61 Å². The number of esters is 1. The molecule has 0 aromatic heterocycles. The van der Waals surface area contributed by atoms with Crippen LogP contribution in [0.3, 0.4) is 0 Å². The van der Waals surface area contributed by atoms with Crippen molar-refractivity contribution in [1.29, 1.82) is 0 Å². The Kier molecular flexibility index (Phi) is 28.1. The normalized spacial score (nSPS) is 12.2. The van der Waals surface area contributed by atoms with E-state index in [1.165, 1.54) is 89.9 Å². The van der Waals surface area contributed by atoms with Crippen molar-refractivity contribution in [1.82, 2.24) is 0 Å². The first-order valence-electron chi connectivity index (χ1n) is 12.5. The van der Waals surface area contributed by atoms with Gasteiger partial charge in [0.05, 0.1) is 19.3 Å². The lowest BCUT2D eigenvalue weighted by Gasteiger charge is -2.14. The van der Waals surface area contributed by atoms with Crippen LogP contribution in [-0.4, -0.2) is 63.2 Å². The van der Waals surface area contributed by atoms with Gasteiger partial charge in [-0.1, -0.05) is 90.4 Å². The molecule has 200 valence electrons. The van der Waals surface area contributed by atoms with Crippen LogP contribution in [-0.2, 0) is 18.8 Å². The van der Waals surface area contributed by atoms with E-state index in [0.717, 1.165) is 11.5 Å². The smallest absolute Gasteiger partial charge is 0.464 e.